The zero-order valence-corrected chi connectivity index (χ0v) is 20.6. The standard InChI is InChI=1S/C27H43NO4/c1-17(16-32-28-25(31)26(3,4)5)22-11-12-23-19(8-7-13-27(22,23)6)9-10-20-14-21(29)15-24(30)18(20)2/h9-10,17,21-24,29-30H,2,7-8,11-16H2,1,3-6H3,(H,28,31)/b19-9+,20-10-/t17-,21-,22-,23+,24?,27?/m1/s1. The molecular weight excluding hydrogens is 402 g/mol. The second kappa shape index (κ2) is 9.82. The first-order chi connectivity index (χ1) is 14.9. The van der Waals surface area contributed by atoms with Crippen LogP contribution in [0.25, 0.3) is 0 Å². The highest BCUT2D eigenvalue weighted by atomic mass is 16.7. The molecule has 5 nitrogen and oxygen atoms in total. The van der Waals surface area contributed by atoms with Crippen LogP contribution in [0.3, 0.4) is 0 Å². The number of aliphatic hydroxyl groups excluding tert-OH is 2. The first kappa shape index (κ1) is 25.2. The molecule has 0 saturated heterocycles. The second-order valence-electron chi connectivity index (χ2n) is 11.6. The normalized spacial score (nSPS) is 36.9. The summed E-state index contributed by atoms with van der Waals surface area (Å²) >= 11 is 0. The third-order valence-electron chi connectivity index (χ3n) is 8.18. The molecular formula is C27H43NO4. The van der Waals surface area contributed by atoms with Gasteiger partial charge < -0.3 is 10.2 Å². The minimum Gasteiger partial charge on any atom is -0.393 e. The van der Waals surface area contributed by atoms with Crippen molar-refractivity contribution in [2.45, 2.75) is 91.8 Å². The third-order valence-corrected chi connectivity index (χ3v) is 8.18. The lowest BCUT2D eigenvalue weighted by atomic mass is 9.61. The number of amides is 1. The van der Waals surface area contributed by atoms with Crippen LogP contribution in [-0.4, -0.2) is 34.9 Å². The number of hydroxylamine groups is 1. The Morgan fingerprint density at radius 3 is 2.72 bits per heavy atom. The summed E-state index contributed by atoms with van der Waals surface area (Å²) in [4.78, 5) is 17.7. The van der Waals surface area contributed by atoms with Crippen LogP contribution in [0.5, 0.6) is 0 Å². The van der Waals surface area contributed by atoms with E-state index < -0.39 is 17.6 Å². The summed E-state index contributed by atoms with van der Waals surface area (Å²) in [5, 5.41) is 20.2. The minimum absolute atomic E-state index is 0.0873. The molecule has 6 atom stereocenters. The predicted molar refractivity (Wildman–Crippen MR) is 127 cm³/mol. The van der Waals surface area contributed by atoms with Gasteiger partial charge in [-0.15, -0.1) is 0 Å². The number of carbonyl (C=O) groups is 1. The highest BCUT2D eigenvalue weighted by molar-refractivity contribution is 5.80. The molecule has 0 aromatic heterocycles. The molecule has 2 unspecified atom stereocenters. The van der Waals surface area contributed by atoms with Crippen molar-refractivity contribution >= 4 is 5.91 Å². The molecule has 0 bridgehead atoms. The Labute approximate surface area is 194 Å². The van der Waals surface area contributed by atoms with Crippen LogP contribution in [0, 0.1) is 28.6 Å². The van der Waals surface area contributed by atoms with Crippen LogP contribution in [-0.2, 0) is 9.63 Å². The van der Waals surface area contributed by atoms with Crippen LogP contribution >= 0.6 is 0 Å². The Bertz CT molecular complexity index is 777. The van der Waals surface area contributed by atoms with Crippen molar-refractivity contribution in [1.29, 1.82) is 0 Å². The number of nitrogens with one attached hydrogen (secondary N) is 1. The number of fused-ring (bicyclic) bond motifs is 1. The summed E-state index contributed by atoms with van der Waals surface area (Å²) in [7, 11) is 0. The molecule has 32 heavy (non-hydrogen) atoms. The summed E-state index contributed by atoms with van der Waals surface area (Å²) in [6.07, 6.45) is 10.0. The molecule has 0 aromatic carbocycles. The Morgan fingerprint density at radius 2 is 2.03 bits per heavy atom. The van der Waals surface area contributed by atoms with Gasteiger partial charge in [0, 0.05) is 11.8 Å². The molecule has 3 N–H and O–H groups in total. The van der Waals surface area contributed by atoms with E-state index in [9.17, 15) is 15.0 Å². The SMILES string of the molecule is C=C1/C(=C\C=C2/CCCC3(C)[C@@H]([C@H](C)CONC(=O)C(C)(C)C)CC[C@@H]23)C[C@@H](O)CC1O. The van der Waals surface area contributed by atoms with E-state index in [1.807, 2.05) is 20.8 Å². The van der Waals surface area contributed by atoms with Gasteiger partial charge in [0.25, 0.3) is 0 Å². The van der Waals surface area contributed by atoms with E-state index in [1.165, 1.54) is 31.3 Å². The summed E-state index contributed by atoms with van der Waals surface area (Å²) in [6.45, 7) is 14.9. The molecule has 5 heteroatoms. The van der Waals surface area contributed by atoms with Crippen LogP contribution in [0.2, 0.25) is 0 Å². The van der Waals surface area contributed by atoms with Gasteiger partial charge in [-0.1, -0.05) is 58.9 Å². The largest absolute Gasteiger partial charge is 0.393 e. The van der Waals surface area contributed by atoms with E-state index >= 15 is 0 Å². The van der Waals surface area contributed by atoms with E-state index in [0.29, 0.717) is 37.2 Å². The molecule has 3 rings (SSSR count). The summed E-state index contributed by atoms with van der Waals surface area (Å²) in [6, 6.07) is 0. The number of hydrogen-bond donors (Lipinski definition) is 3. The average Bonchev–Trinajstić information content (AvgIpc) is 3.06. The van der Waals surface area contributed by atoms with Gasteiger partial charge in [0.05, 0.1) is 18.8 Å². The van der Waals surface area contributed by atoms with Gasteiger partial charge in [-0.05, 0) is 72.8 Å². The highest BCUT2D eigenvalue weighted by Crippen LogP contribution is 2.59. The molecule has 3 fully saturated rings. The molecule has 3 aliphatic carbocycles. The number of carbonyl (C=O) groups excluding carboxylic acids is 1. The van der Waals surface area contributed by atoms with E-state index in [1.54, 1.807) is 0 Å². The van der Waals surface area contributed by atoms with Gasteiger partial charge in [0.15, 0.2) is 0 Å². The van der Waals surface area contributed by atoms with Crippen LogP contribution in [0.1, 0.15) is 79.6 Å². The second-order valence-corrected chi connectivity index (χ2v) is 11.6. The summed E-state index contributed by atoms with van der Waals surface area (Å²) in [5.41, 5.74) is 5.62. The average molecular weight is 446 g/mol. The Morgan fingerprint density at radius 1 is 1.31 bits per heavy atom. The van der Waals surface area contributed by atoms with E-state index in [0.717, 1.165) is 17.6 Å². The van der Waals surface area contributed by atoms with Gasteiger partial charge in [-0.3, -0.25) is 9.63 Å². The van der Waals surface area contributed by atoms with Crippen LogP contribution in [0.15, 0.2) is 35.5 Å². The zero-order valence-electron chi connectivity index (χ0n) is 20.6. The molecule has 180 valence electrons. The van der Waals surface area contributed by atoms with E-state index in [4.69, 9.17) is 4.84 Å². The number of hydrogen-bond acceptors (Lipinski definition) is 4. The van der Waals surface area contributed by atoms with Crippen molar-refractivity contribution in [1.82, 2.24) is 5.48 Å². The molecule has 0 heterocycles. The van der Waals surface area contributed by atoms with Gasteiger partial charge in [-0.2, -0.15) is 0 Å². The van der Waals surface area contributed by atoms with E-state index in [-0.39, 0.29) is 11.3 Å². The maximum Gasteiger partial charge on any atom is 0.248 e. The molecule has 3 aliphatic rings. The fraction of sp³-hybridized carbons (Fsp3) is 0.741. The van der Waals surface area contributed by atoms with Crippen molar-refractivity contribution in [3.8, 4) is 0 Å². The topological polar surface area (TPSA) is 78.8 Å². The first-order valence-electron chi connectivity index (χ1n) is 12.3. The lowest BCUT2D eigenvalue weighted by Gasteiger charge is -2.44. The van der Waals surface area contributed by atoms with Gasteiger partial charge in [-0.25, -0.2) is 5.48 Å². The van der Waals surface area contributed by atoms with Crippen molar-refractivity contribution in [2.75, 3.05) is 6.61 Å². The molecule has 0 aliphatic heterocycles. The lowest BCUT2D eigenvalue weighted by molar-refractivity contribution is -0.143. The minimum atomic E-state index is -0.643. The molecule has 0 aromatic rings. The Hall–Kier alpha value is -1.43. The monoisotopic (exact) mass is 445 g/mol. The maximum absolute atomic E-state index is 12.1. The number of allylic oxidation sites excluding steroid dienone is 3. The predicted octanol–water partition coefficient (Wildman–Crippen LogP) is 4.86. The zero-order chi connectivity index (χ0) is 23.7. The van der Waals surface area contributed by atoms with Crippen molar-refractivity contribution in [2.24, 2.45) is 28.6 Å². The van der Waals surface area contributed by atoms with Gasteiger partial charge in [0.2, 0.25) is 5.91 Å². The van der Waals surface area contributed by atoms with Crippen LogP contribution in [0.4, 0.5) is 0 Å². The molecule has 1 amide bonds. The quantitative estimate of drug-likeness (QED) is 0.528. The van der Waals surface area contributed by atoms with Crippen molar-refractivity contribution in [3.05, 3.63) is 35.5 Å². The Kier molecular flexibility index (Phi) is 7.73. The lowest BCUT2D eigenvalue weighted by Crippen LogP contribution is -2.39. The first-order valence-corrected chi connectivity index (χ1v) is 12.3. The van der Waals surface area contributed by atoms with E-state index in [2.05, 4.69) is 38.1 Å². The third kappa shape index (κ3) is 5.37. The number of aliphatic hydroxyl groups is 2. The van der Waals surface area contributed by atoms with Crippen molar-refractivity contribution in [3.63, 3.8) is 0 Å². The van der Waals surface area contributed by atoms with Gasteiger partial charge in [0.1, 0.15) is 0 Å². The van der Waals surface area contributed by atoms with Crippen LogP contribution < -0.4 is 5.48 Å². The summed E-state index contributed by atoms with van der Waals surface area (Å²) < 4.78 is 0. The highest BCUT2D eigenvalue weighted by Gasteiger charge is 2.50. The van der Waals surface area contributed by atoms with Crippen molar-refractivity contribution < 1.29 is 19.8 Å². The summed E-state index contributed by atoms with van der Waals surface area (Å²) in [5.74, 6) is 1.39. The molecule has 0 spiro atoms. The fourth-order valence-electron chi connectivity index (χ4n) is 6.19. The maximum atomic E-state index is 12.1. The molecule has 0 radical (unpaired) electrons. The fourth-order valence-corrected chi connectivity index (χ4v) is 6.19. The van der Waals surface area contributed by atoms with Gasteiger partial charge >= 0.3 is 0 Å². The Balaban J connectivity index is 1.67. The molecule has 3 saturated carbocycles. The smallest absolute Gasteiger partial charge is 0.248 e. The number of rotatable bonds is 5.